The summed E-state index contributed by atoms with van der Waals surface area (Å²) in [4.78, 5) is 0. The molecule has 1 atom stereocenters. The maximum atomic E-state index is 5.64. The Balaban J connectivity index is 1.53. The Morgan fingerprint density at radius 1 is 0.950 bits per heavy atom. The lowest BCUT2D eigenvalue weighted by molar-refractivity contribution is -0.676. The number of rotatable bonds is 5. The summed E-state index contributed by atoms with van der Waals surface area (Å²) in [6, 6.07) is 19.4. The van der Waals surface area contributed by atoms with E-state index in [-0.39, 0.29) is 0 Å². The van der Waals surface area contributed by atoms with Gasteiger partial charge in [-0.25, -0.2) is 0 Å². The van der Waals surface area contributed by atoms with Crippen LogP contribution in [0.2, 0.25) is 0 Å². The van der Waals surface area contributed by atoms with Crippen molar-refractivity contribution in [1.82, 2.24) is 0 Å². The van der Waals surface area contributed by atoms with Crippen molar-refractivity contribution in [2.45, 2.75) is 25.5 Å². The van der Waals surface area contributed by atoms with Gasteiger partial charge < -0.3 is 10.1 Å². The third-order valence-electron chi connectivity index (χ3n) is 3.89. The number of hydrogen-bond acceptors (Lipinski definition) is 1. The summed E-state index contributed by atoms with van der Waals surface area (Å²) in [5, 5.41) is 2.35. The Bertz CT molecular complexity index is 515. The van der Waals surface area contributed by atoms with Gasteiger partial charge in [0.2, 0.25) is 0 Å². The van der Waals surface area contributed by atoms with Gasteiger partial charge in [-0.3, -0.25) is 0 Å². The number of quaternary nitrogens is 1. The van der Waals surface area contributed by atoms with Crippen LogP contribution >= 0.6 is 0 Å². The van der Waals surface area contributed by atoms with Gasteiger partial charge in [0, 0.05) is 12.2 Å². The number of nitrogens with two attached hydrogens (primary N) is 1. The van der Waals surface area contributed by atoms with Crippen molar-refractivity contribution in [1.29, 1.82) is 0 Å². The molecule has 1 saturated heterocycles. The lowest BCUT2D eigenvalue weighted by Crippen LogP contribution is -2.84. The summed E-state index contributed by atoms with van der Waals surface area (Å²) >= 11 is 0. The Labute approximate surface area is 120 Å². The first kappa shape index (κ1) is 13.3. The molecular formula is C18H22NO+. The van der Waals surface area contributed by atoms with E-state index in [0.29, 0.717) is 6.10 Å². The molecule has 1 fully saturated rings. The molecule has 0 aliphatic carbocycles. The lowest BCUT2D eigenvalue weighted by Gasteiger charge is -2.08. The van der Waals surface area contributed by atoms with Crippen molar-refractivity contribution in [2.75, 3.05) is 13.2 Å². The van der Waals surface area contributed by atoms with Crippen LogP contribution in [-0.2, 0) is 11.3 Å². The molecule has 2 heteroatoms. The molecule has 20 heavy (non-hydrogen) atoms. The second-order valence-electron chi connectivity index (χ2n) is 5.43. The first-order chi connectivity index (χ1) is 9.92. The van der Waals surface area contributed by atoms with Crippen LogP contribution in [0.5, 0.6) is 0 Å². The Hall–Kier alpha value is -1.64. The second-order valence-corrected chi connectivity index (χ2v) is 5.43. The molecule has 1 aliphatic heterocycles. The minimum atomic E-state index is 0.471. The predicted molar refractivity (Wildman–Crippen MR) is 81.3 cm³/mol. The van der Waals surface area contributed by atoms with Gasteiger partial charge in [-0.2, -0.15) is 0 Å². The van der Waals surface area contributed by atoms with Crippen molar-refractivity contribution in [3.8, 4) is 11.1 Å². The van der Waals surface area contributed by atoms with E-state index in [9.17, 15) is 0 Å². The molecular weight excluding hydrogens is 246 g/mol. The monoisotopic (exact) mass is 268 g/mol. The zero-order valence-corrected chi connectivity index (χ0v) is 11.8. The minimum absolute atomic E-state index is 0.471. The maximum Gasteiger partial charge on any atom is 0.106 e. The van der Waals surface area contributed by atoms with Gasteiger partial charge >= 0.3 is 0 Å². The van der Waals surface area contributed by atoms with Gasteiger partial charge in [0.25, 0.3) is 0 Å². The molecule has 0 radical (unpaired) electrons. The summed E-state index contributed by atoms with van der Waals surface area (Å²) in [5.74, 6) is 0. The van der Waals surface area contributed by atoms with Crippen molar-refractivity contribution >= 4 is 0 Å². The van der Waals surface area contributed by atoms with Crippen LogP contribution in [0.15, 0.2) is 54.6 Å². The molecule has 3 rings (SSSR count). The van der Waals surface area contributed by atoms with Crippen molar-refractivity contribution in [3.63, 3.8) is 0 Å². The Morgan fingerprint density at radius 2 is 1.70 bits per heavy atom. The molecule has 2 nitrogen and oxygen atoms in total. The summed E-state index contributed by atoms with van der Waals surface area (Å²) in [7, 11) is 0. The molecule has 2 aromatic carbocycles. The number of ether oxygens (including phenoxy) is 1. The molecule has 0 amide bonds. The molecule has 0 aromatic heterocycles. The van der Waals surface area contributed by atoms with E-state index >= 15 is 0 Å². The van der Waals surface area contributed by atoms with E-state index in [2.05, 4.69) is 59.9 Å². The third kappa shape index (κ3) is 3.47. The standard InChI is InChI=1S/C18H21NO/c1-2-5-16(6-3-1)17-10-8-15(9-11-17)13-19-14-18-7-4-12-20-18/h1-3,5-6,8-11,18-19H,4,7,12-14H2/p+1/t18-/m1/s1. The molecule has 0 spiro atoms. The van der Waals surface area contributed by atoms with Crippen LogP contribution < -0.4 is 5.32 Å². The van der Waals surface area contributed by atoms with E-state index in [1.807, 2.05) is 0 Å². The van der Waals surface area contributed by atoms with E-state index < -0.39 is 0 Å². The molecule has 0 saturated carbocycles. The molecule has 2 N–H and O–H groups in total. The van der Waals surface area contributed by atoms with E-state index in [0.717, 1.165) is 19.7 Å². The Morgan fingerprint density at radius 3 is 2.40 bits per heavy atom. The maximum absolute atomic E-state index is 5.64. The van der Waals surface area contributed by atoms with E-state index in [4.69, 9.17) is 4.74 Å². The zero-order valence-electron chi connectivity index (χ0n) is 11.8. The zero-order chi connectivity index (χ0) is 13.6. The number of hydrogen-bond donors (Lipinski definition) is 1. The highest BCUT2D eigenvalue weighted by Gasteiger charge is 2.16. The number of benzene rings is 2. The van der Waals surface area contributed by atoms with Gasteiger partial charge in [-0.15, -0.1) is 0 Å². The second kappa shape index (κ2) is 6.69. The topological polar surface area (TPSA) is 25.8 Å². The van der Waals surface area contributed by atoms with Crippen LogP contribution in [0.3, 0.4) is 0 Å². The van der Waals surface area contributed by atoms with Crippen LogP contribution in [0.1, 0.15) is 18.4 Å². The van der Waals surface area contributed by atoms with Crippen molar-refractivity contribution in [2.24, 2.45) is 0 Å². The van der Waals surface area contributed by atoms with Gasteiger partial charge in [-0.1, -0.05) is 54.6 Å². The van der Waals surface area contributed by atoms with Gasteiger partial charge in [0.1, 0.15) is 19.2 Å². The first-order valence-electron chi connectivity index (χ1n) is 7.49. The van der Waals surface area contributed by atoms with Crippen LogP contribution in [0.4, 0.5) is 0 Å². The summed E-state index contributed by atoms with van der Waals surface area (Å²) in [6.45, 7) is 3.07. The SMILES string of the molecule is c1ccc(-c2ccc(C[NH2+]C[C@H]3CCCO3)cc2)cc1. The van der Waals surface area contributed by atoms with E-state index in [1.54, 1.807) is 0 Å². The van der Waals surface area contributed by atoms with Gasteiger partial charge in [0.05, 0.1) is 0 Å². The third-order valence-corrected chi connectivity index (χ3v) is 3.89. The van der Waals surface area contributed by atoms with Crippen LogP contribution in [0, 0.1) is 0 Å². The highest BCUT2D eigenvalue weighted by atomic mass is 16.5. The fraction of sp³-hybridized carbons (Fsp3) is 0.333. The lowest BCUT2D eigenvalue weighted by atomic mass is 10.0. The normalized spacial score (nSPS) is 18.3. The molecule has 1 heterocycles. The summed E-state index contributed by atoms with van der Waals surface area (Å²) in [5.41, 5.74) is 3.94. The average molecular weight is 268 g/mol. The summed E-state index contributed by atoms with van der Waals surface area (Å²) in [6.07, 6.45) is 2.92. The highest BCUT2D eigenvalue weighted by molar-refractivity contribution is 5.63. The fourth-order valence-electron chi connectivity index (χ4n) is 2.73. The predicted octanol–water partition coefficient (Wildman–Crippen LogP) is 2.60. The van der Waals surface area contributed by atoms with Crippen molar-refractivity contribution < 1.29 is 10.1 Å². The smallest absolute Gasteiger partial charge is 0.106 e. The Kier molecular flexibility index (Phi) is 4.46. The van der Waals surface area contributed by atoms with Gasteiger partial charge in [-0.05, 0) is 24.0 Å². The van der Waals surface area contributed by atoms with Gasteiger partial charge in [0.15, 0.2) is 0 Å². The quantitative estimate of drug-likeness (QED) is 0.886. The molecule has 1 aliphatic rings. The highest BCUT2D eigenvalue weighted by Crippen LogP contribution is 2.18. The van der Waals surface area contributed by atoms with Crippen LogP contribution in [0.25, 0.3) is 11.1 Å². The minimum Gasteiger partial charge on any atom is -0.372 e. The summed E-state index contributed by atoms with van der Waals surface area (Å²) < 4.78 is 5.64. The molecule has 0 unspecified atom stereocenters. The van der Waals surface area contributed by atoms with Crippen molar-refractivity contribution in [3.05, 3.63) is 60.2 Å². The molecule has 2 aromatic rings. The average Bonchev–Trinajstić information content (AvgIpc) is 3.02. The van der Waals surface area contributed by atoms with Crippen LogP contribution in [-0.4, -0.2) is 19.3 Å². The molecule has 104 valence electrons. The first-order valence-corrected chi connectivity index (χ1v) is 7.49. The molecule has 0 bridgehead atoms. The van der Waals surface area contributed by atoms with E-state index in [1.165, 1.54) is 29.5 Å². The largest absolute Gasteiger partial charge is 0.372 e. The fourth-order valence-corrected chi connectivity index (χ4v) is 2.73.